The summed E-state index contributed by atoms with van der Waals surface area (Å²) in [6.45, 7) is 6.41. The van der Waals surface area contributed by atoms with Gasteiger partial charge >= 0.3 is 0 Å². The highest BCUT2D eigenvalue weighted by Gasteiger charge is 2.07. The first-order chi connectivity index (χ1) is 9.19. The topological polar surface area (TPSA) is 54.3 Å². The fourth-order valence-electron chi connectivity index (χ4n) is 1.65. The van der Waals surface area contributed by atoms with E-state index >= 15 is 0 Å². The quantitative estimate of drug-likeness (QED) is 0.732. The van der Waals surface area contributed by atoms with Crippen LogP contribution in [-0.4, -0.2) is 26.9 Å². The van der Waals surface area contributed by atoms with Crippen LogP contribution in [0.15, 0.2) is 18.2 Å². The molecule has 0 saturated carbocycles. The minimum Gasteiger partial charge on any atom is -0.495 e. The highest BCUT2D eigenvalue weighted by molar-refractivity contribution is 5.66. The van der Waals surface area contributed by atoms with Crippen LogP contribution < -0.4 is 10.1 Å². The largest absolute Gasteiger partial charge is 0.495 e. The van der Waals surface area contributed by atoms with Crippen molar-refractivity contribution in [2.75, 3.05) is 32.2 Å². The third-order valence-corrected chi connectivity index (χ3v) is 2.75. The molecule has 0 atom stereocenters. The molecule has 104 valence electrons. The lowest BCUT2D eigenvalue weighted by molar-refractivity contribution is 0.132. The molecule has 0 unspecified atom stereocenters. The third kappa shape index (κ3) is 5.19. The maximum atomic E-state index is 9.06. The van der Waals surface area contributed by atoms with Crippen molar-refractivity contribution in [1.82, 2.24) is 0 Å². The number of benzene rings is 1. The smallest absolute Gasteiger partial charge is 0.143 e. The number of ether oxygens (including phenoxy) is 2. The maximum Gasteiger partial charge on any atom is 0.143 e. The van der Waals surface area contributed by atoms with Gasteiger partial charge in [0.2, 0.25) is 0 Å². The summed E-state index contributed by atoms with van der Waals surface area (Å²) in [4.78, 5) is 0. The van der Waals surface area contributed by atoms with Crippen LogP contribution in [0.1, 0.15) is 25.8 Å². The van der Waals surface area contributed by atoms with Crippen molar-refractivity contribution in [1.29, 1.82) is 5.26 Å². The highest BCUT2D eigenvalue weighted by Crippen LogP contribution is 2.27. The van der Waals surface area contributed by atoms with E-state index in [9.17, 15) is 0 Å². The van der Waals surface area contributed by atoms with E-state index in [1.807, 2.05) is 12.1 Å². The first-order valence-corrected chi connectivity index (χ1v) is 6.57. The van der Waals surface area contributed by atoms with Gasteiger partial charge in [-0.3, -0.25) is 0 Å². The molecule has 0 aliphatic carbocycles. The van der Waals surface area contributed by atoms with E-state index in [0.717, 1.165) is 18.7 Å². The van der Waals surface area contributed by atoms with Gasteiger partial charge in [0.15, 0.2) is 0 Å². The van der Waals surface area contributed by atoms with Crippen LogP contribution in [0.25, 0.3) is 0 Å². The van der Waals surface area contributed by atoms with E-state index in [4.69, 9.17) is 14.7 Å². The Morgan fingerprint density at radius 3 is 2.74 bits per heavy atom. The zero-order valence-corrected chi connectivity index (χ0v) is 11.9. The van der Waals surface area contributed by atoms with Gasteiger partial charge in [-0.25, -0.2) is 0 Å². The number of anilines is 1. The second kappa shape index (κ2) is 8.39. The zero-order valence-electron chi connectivity index (χ0n) is 11.9. The fourth-order valence-corrected chi connectivity index (χ4v) is 1.65. The van der Waals surface area contributed by atoms with Gasteiger partial charge in [0, 0.05) is 13.2 Å². The lowest BCUT2D eigenvalue weighted by Gasteiger charge is -2.13. The Labute approximate surface area is 115 Å². The molecule has 0 heterocycles. The summed E-state index contributed by atoms with van der Waals surface area (Å²) < 4.78 is 10.8. The lowest BCUT2D eigenvalue weighted by Crippen LogP contribution is -2.12. The molecule has 0 amide bonds. The van der Waals surface area contributed by atoms with Gasteiger partial charge in [0.25, 0.3) is 0 Å². The first-order valence-electron chi connectivity index (χ1n) is 6.57. The molecule has 0 aliphatic rings. The van der Waals surface area contributed by atoms with Crippen LogP contribution in [0.5, 0.6) is 5.75 Å². The Hall–Kier alpha value is -1.73. The fraction of sp³-hybridized carbons (Fsp3) is 0.533. The van der Waals surface area contributed by atoms with Gasteiger partial charge in [-0.2, -0.15) is 5.26 Å². The summed E-state index contributed by atoms with van der Waals surface area (Å²) >= 11 is 0. The molecule has 0 fully saturated rings. The van der Waals surface area contributed by atoms with Crippen LogP contribution in [0, 0.1) is 17.2 Å². The molecule has 4 heteroatoms. The van der Waals surface area contributed by atoms with Gasteiger partial charge in [-0.1, -0.05) is 19.9 Å². The average molecular weight is 262 g/mol. The number of nitriles is 1. The van der Waals surface area contributed by atoms with Gasteiger partial charge in [0.1, 0.15) is 11.8 Å². The number of nitrogens with one attached hydrogen (secondary N) is 1. The highest BCUT2D eigenvalue weighted by atomic mass is 16.5. The summed E-state index contributed by atoms with van der Waals surface area (Å²) in [7, 11) is 1.60. The van der Waals surface area contributed by atoms with E-state index in [0.29, 0.717) is 30.4 Å². The average Bonchev–Trinajstić information content (AvgIpc) is 2.42. The van der Waals surface area contributed by atoms with Crippen molar-refractivity contribution in [3.8, 4) is 11.8 Å². The van der Waals surface area contributed by atoms with Crippen LogP contribution in [0.2, 0.25) is 0 Å². The predicted octanol–water partition coefficient (Wildman–Crippen LogP) is 3.04. The van der Waals surface area contributed by atoms with Crippen LogP contribution in [-0.2, 0) is 4.74 Å². The number of nitrogens with zero attached hydrogens (tertiary/aromatic N) is 1. The Kier molecular flexibility index (Phi) is 6.76. The SMILES string of the molecule is COc1cccc(C#N)c1NCCOCCC(C)C. The van der Waals surface area contributed by atoms with Gasteiger partial charge < -0.3 is 14.8 Å². The Morgan fingerprint density at radius 2 is 2.11 bits per heavy atom. The predicted molar refractivity (Wildman–Crippen MR) is 76.5 cm³/mol. The van der Waals surface area contributed by atoms with E-state index in [1.54, 1.807) is 13.2 Å². The van der Waals surface area contributed by atoms with Crippen molar-refractivity contribution in [2.45, 2.75) is 20.3 Å². The summed E-state index contributed by atoms with van der Waals surface area (Å²) in [5, 5.41) is 12.3. The number of hydrogen-bond acceptors (Lipinski definition) is 4. The Balaban J connectivity index is 2.42. The van der Waals surface area contributed by atoms with Crippen LogP contribution >= 0.6 is 0 Å². The molecule has 0 spiro atoms. The molecule has 1 rings (SSSR count). The molecule has 0 aromatic heterocycles. The molecular formula is C15H22N2O2. The Morgan fingerprint density at radius 1 is 1.32 bits per heavy atom. The second-order valence-electron chi connectivity index (χ2n) is 4.72. The van der Waals surface area contributed by atoms with Crippen molar-refractivity contribution in [3.63, 3.8) is 0 Å². The molecule has 4 nitrogen and oxygen atoms in total. The number of methoxy groups -OCH3 is 1. The van der Waals surface area contributed by atoms with Gasteiger partial charge in [-0.15, -0.1) is 0 Å². The molecule has 19 heavy (non-hydrogen) atoms. The van der Waals surface area contributed by atoms with Crippen LogP contribution in [0.4, 0.5) is 5.69 Å². The summed E-state index contributed by atoms with van der Waals surface area (Å²) in [5.74, 6) is 1.34. The van der Waals surface area contributed by atoms with Crippen molar-refractivity contribution in [2.24, 2.45) is 5.92 Å². The standard InChI is InChI=1S/C15H22N2O2/c1-12(2)7-9-19-10-8-17-15-13(11-16)5-4-6-14(15)18-3/h4-6,12,17H,7-10H2,1-3H3. The lowest BCUT2D eigenvalue weighted by atomic mass is 10.1. The number of hydrogen-bond donors (Lipinski definition) is 1. The molecule has 0 radical (unpaired) electrons. The monoisotopic (exact) mass is 262 g/mol. The molecule has 0 bridgehead atoms. The van der Waals surface area contributed by atoms with E-state index in [-0.39, 0.29) is 0 Å². The number of para-hydroxylation sites is 1. The zero-order chi connectivity index (χ0) is 14.1. The van der Waals surface area contributed by atoms with Gasteiger partial charge in [0.05, 0.1) is 25.0 Å². The second-order valence-corrected chi connectivity index (χ2v) is 4.72. The van der Waals surface area contributed by atoms with E-state index in [1.165, 1.54) is 0 Å². The van der Waals surface area contributed by atoms with Crippen molar-refractivity contribution in [3.05, 3.63) is 23.8 Å². The van der Waals surface area contributed by atoms with Crippen molar-refractivity contribution < 1.29 is 9.47 Å². The Bertz CT molecular complexity index is 425. The van der Waals surface area contributed by atoms with Crippen molar-refractivity contribution >= 4 is 5.69 Å². The maximum absolute atomic E-state index is 9.06. The minimum atomic E-state index is 0.585. The van der Waals surface area contributed by atoms with Crippen LogP contribution in [0.3, 0.4) is 0 Å². The number of rotatable bonds is 8. The minimum absolute atomic E-state index is 0.585. The first kappa shape index (κ1) is 15.3. The normalized spacial score (nSPS) is 10.3. The molecule has 0 saturated heterocycles. The summed E-state index contributed by atoms with van der Waals surface area (Å²) in [6, 6.07) is 7.57. The molecule has 0 aliphatic heterocycles. The molecule has 1 aromatic rings. The molecule has 1 N–H and O–H groups in total. The van der Waals surface area contributed by atoms with Gasteiger partial charge in [-0.05, 0) is 24.5 Å². The third-order valence-electron chi connectivity index (χ3n) is 2.75. The summed E-state index contributed by atoms with van der Waals surface area (Å²) in [5.41, 5.74) is 1.32. The summed E-state index contributed by atoms with van der Waals surface area (Å²) in [6.07, 6.45) is 1.07. The van der Waals surface area contributed by atoms with E-state index in [2.05, 4.69) is 25.2 Å². The molecular weight excluding hydrogens is 240 g/mol. The molecule has 1 aromatic carbocycles. The van der Waals surface area contributed by atoms with E-state index < -0.39 is 0 Å².